The molecule has 3 nitrogen and oxygen atoms in total. The third-order valence-electron chi connectivity index (χ3n) is 3.13. The first kappa shape index (κ1) is 11.7. The SMILES string of the molecule is CCN(CC)C[C@@H]1CCC[C@@H](O)C1=O. The van der Waals surface area contributed by atoms with E-state index in [9.17, 15) is 9.90 Å². The topological polar surface area (TPSA) is 40.5 Å². The van der Waals surface area contributed by atoms with Crippen LogP contribution in [0, 0.1) is 5.92 Å². The van der Waals surface area contributed by atoms with Gasteiger partial charge in [-0.2, -0.15) is 0 Å². The number of nitrogens with zero attached hydrogens (tertiary/aromatic N) is 1. The number of aliphatic hydroxyl groups is 1. The number of ketones is 1. The number of carbonyl (C=O) groups excluding carboxylic acids is 1. The maximum absolute atomic E-state index is 11.6. The molecule has 2 atom stereocenters. The van der Waals surface area contributed by atoms with Gasteiger partial charge in [-0.1, -0.05) is 13.8 Å². The van der Waals surface area contributed by atoms with Gasteiger partial charge in [0.05, 0.1) is 0 Å². The van der Waals surface area contributed by atoms with Gasteiger partial charge in [-0.15, -0.1) is 0 Å². The smallest absolute Gasteiger partial charge is 0.165 e. The predicted octanol–water partition coefficient (Wildman–Crippen LogP) is 1.06. The Bertz CT molecular complexity index is 190. The first-order chi connectivity index (χ1) is 6.69. The van der Waals surface area contributed by atoms with E-state index in [1.807, 2.05) is 0 Å². The van der Waals surface area contributed by atoms with Gasteiger partial charge in [-0.3, -0.25) is 4.79 Å². The summed E-state index contributed by atoms with van der Waals surface area (Å²) in [6.45, 7) is 7.00. The zero-order chi connectivity index (χ0) is 10.6. The van der Waals surface area contributed by atoms with Crippen LogP contribution in [0.15, 0.2) is 0 Å². The Morgan fingerprint density at radius 2 is 2.00 bits per heavy atom. The van der Waals surface area contributed by atoms with Crippen molar-refractivity contribution >= 4 is 5.78 Å². The van der Waals surface area contributed by atoms with Crippen LogP contribution in [0.25, 0.3) is 0 Å². The second-order valence-electron chi connectivity index (χ2n) is 4.03. The van der Waals surface area contributed by atoms with Crippen molar-refractivity contribution in [1.29, 1.82) is 0 Å². The number of carbonyl (C=O) groups is 1. The van der Waals surface area contributed by atoms with E-state index in [4.69, 9.17) is 0 Å². The summed E-state index contributed by atoms with van der Waals surface area (Å²) in [6, 6.07) is 0. The quantitative estimate of drug-likeness (QED) is 0.736. The Hall–Kier alpha value is -0.410. The highest BCUT2D eigenvalue weighted by Gasteiger charge is 2.30. The van der Waals surface area contributed by atoms with Gasteiger partial charge in [0.25, 0.3) is 0 Å². The molecule has 1 saturated carbocycles. The molecule has 0 heterocycles. The van der Waals surface area contributed by atoms with Crippen molar-refractivity contribution in [2.75, 3.05) is 19.6 Å². The van der Waals surface area contributed by atoms with Gasteiger partial charge < -0.3 is 10.0 Å². The van der Waals surface area contributed by atoms with Crippen molar-refractivity contribution in [2.45, 2.75) is 39.2 Å². The Morgan fingerprint density at radius 3 is 2.57 bits per heavy atom. The molecule has 0 aromatic heterocycles. The molecule has 82 valence electrons. The van der Waals surface area contributed by atoms with E-state index in [0.29, 0.717) is 6.42 Å². The Kier molecular flexibility index (Phi) is 4.55. The van der Waals surface area contributed by atoms with Gasteiger partial charge in [-0.05, 0) is 32.4 Å². The summed E-state index contributed by atoms with van der Waals surface area (Å²) in [5, 5.41) is 9.44. The van der Waals surface area contributed by atoms with Crippen LogP contribution in [-0.2, 0) is 4.79 Å². The largest absolute Gasteiger partial charge is 0.385 e. The number of hydrogen-bond donors (Lipinski definition) is 1. The van der Waals surface area contributed by atoms with E-state index in [1.54, 1.807) is 0 Å². The number of hydrogen-bond acceptors (Lipinski definition) is 3. The van der Waals surface area contributed by atoms with Gasteiger partial charge in [0.1, 0.15) is 6.10 Å². The molecule has 0 bridgehead atoms. The van der Waals surface area contributed by atoms with Gasteiger partial charge >= 0.3 is 0 Å². The lowest BCUT2D eigenvalue weighted by Gasteiger charge is -2.29. The summed E-state index contributed by atoms with van der Waals surface area (Å²) in [7, 11) is 0. The van der Waals surface area contributed by atoms with Gasteiger partial charge in [0.15, 0.2) is 5.78 Å². The van der Waals surface area contributed by atoms with Crippen LogP contribution in [0.4, 0.5) is 0 Å². The second kappa shape index (κ2) is 5.47. The van der Waals surface area contributed by atoms with Crippen LogP contribution in [0.5, 0.6) is 0 Å². The standard InChI is InChI=1S/C11H21NO2/c1-3-12(4-2)8-9-6-5-7-10(13)11(9)14/h9-10,13H,3-8H2,1-2H3/t9-,10+/m0/s1. The molecular weight excluding hydrogens is 178 g/mol. The second-order valence-corrected chi connectivity index (χ2v) is 4.03. The van der Waals surface area contributed by atoms with Crippen LogP contribution in [0.3, 0.4) is 0 Å². The zero-order valence-electron chi connectivity index (χ0n) is 9.20. The van der Waals surface area contributed by atoms with Crippen LogP contribution in [0.2, 0.25) is 0 Å². The molecular formula is C11H21NO2. The molecule has 0 aliphatic heterocycles. The molecule has 1 aliphatic rings. The summed E-state index contributed by atoms with van der Waals surface area (Å²) in [5.74, 6) is 0.127. The molecule has 0 aromatic rings. The Labute approximate surface area is 86.1 Å². The van der Waals surface area contributed by atoms with Crippen molar-refractivity contribution in [1.82, 2.24) is 4.90 Å². The molecule has 0 unspecified atom stereocenters. The first-order valence-electron chi connectivity index (χ1n) is 5.63. The molecule has 0 amide bonds. The van der Waals surface area contributed by atoms with Crippen LogP contribution >= 0.6 is 0 Å². The van der Waals surface area contributed by atoms with E-state index < -0.39 is 6.10 Å². The zero-order valence-corrected chi connectivity index (χ0v) is 9.20. The predicted molar refractivity (Wildman–Crippen MR) is 56.1 cm³/mol. The van der Waals surface area contributed by atoms with Gasteiger partial charge in [0.2, 0.25) is 0 Å². The van der Waals surface area contributed by atoms with Crippen LogP contribution < -0.4 is 0 Å². The molecule has 1 aliphatic carbocycles. The van der Waals surface area contributed by atoms with Crippen LogP contribution in [-0.4, -0.2) is 41.5 Å². The first-order valence-corrected chi connectivity index (χ1v) is 5.63. The highest BCUT2D eigenvalue weighted by molar-refractivity contribution is 5.86. The third kappa shape index (κ3) is 2.79. The van der Waals surface area contributed by atoms with Gasteiger partial charge in [0, 0.05) is 12.5 Å². The van der Waals surface area contributed by atoms with Crippen molar-refractivity contribution in [3.8, 4) is 0 Å². The molecule has 0 radical (unpaired) electrons. The fraction of sp³-hybridized carbons (Fsp3) is 0.909. The minimum atomic E-state index is -0.690. The van der Waals surface area contributed by atoms with Crippen molar-refractivity contribution < 1.29 is 9.90 Å². The number of aliphatic hydroxyl groups excluding tert-OH is 1. The average molecular weight is 199 g/mol. The highest BCUT2D eigenvalue weighted by Crippen LogP contribution is 2.21. The monoisotopic (exact) mass is 199 g/mol. The molecule has 1 N–H and O–H groups in total. The van der Waals surface area contributed by atoms with Crippen LogP contribution in [0.1, 0.15) is 33.1 Å². The van der Waals surface area contributed by atoms with E-state index in [1.165, 1.54) is 0 Å². The van der Waals surface area contributed by atoms with E-state index in [-0.39, 0.29) is 11.7 Å². The minimum absolute atomic E-state index is 0.0585. The third-order valence-corrected chi connectivity index (χ3v) is 3.13. The molecule has 0 spiro atoms. The summed E-state index contributed by atoms with van der Waals surface area (Å²) in [6.07, 6.45) is 1.91. The van der Waals surface area contributed by atoms with Crippen molar-refractivity contribution in [3.63, 3.8) is 0 Å². The Balaban J connectivity index is 2.46. The fourth-order valence-electron chi connectivity index (χ4n) is 2.09. The summed E-state index contributed by atoms with van der Waals surface area (Å²) >= 11 is 0. The number of Topliss-reactive ketones (excluding diaryl/α,β-unsaturated/α-hetero) is 1. The normalized spacial score (nSPS) is 28.4. The van der Waals surface area contributed by atoms with E-state index in [0.717, 1.165) is 32.5 Å². The molecule has 0 aromatic carbocycles. The average Bonchev–Trinajstić information content (AvgIpc) is 2.20. The Morgan fingerprint density at radius 1 is 1.36 bits per heavy atom. The number of rotatable bonds is 4. The van der Waals surface area contributed by atoms with Gasteiger partial charge in [-0.25, -0.2) is 0 Å². The molecule has 1 rings (SSSR count). The minimum Gasteiger partial charge on any atom is -0.385 e. The summed E-state index contributed by atoms with van der Waals surface area (Å²) < 4.78 is 0. The van der Waals surface area contributed by atoms with Crippen molar-refractivity contribution in [3.05, 3.63) is 0 Å². The molecule has 1 fully saturated rings. The maximum Gasteiger partial charge on any atom is 0.165 e. The molecule has 14 heavy (non-hydrogen) atoms. The highest BCUT2D eigenvalue weighted by atomic mass is 16.3. The van der Waals surface area contributed by atoms with E-state index >= 15 is 0 Å². The van der Waals surface area contributed by atoms with Crippen molar-refractivity contribution in [2.24, 2.45) is 5.92 Å². The lowest BCUT2D eigenvalue weighted by Crippen LogP contribution is -2.40. The lowest BCUT2D eigenvalue weighted by molar-refractivity contribution is -0.134. The molecule has 3 heteroatoms. The fourth-order valence-corrected chi connectivity index (χ4v) is 2.09. The summed E-state index contributed by atoms with van der Waals surface area (Å²) in [4.78, 5) is 13.9. The van der Waals surface area contributed by atoms with E-state index in [2.05, 4.69) is 18.7 Å². The maximum atomic E-state index is 11.6. The lowest BCUT2D eigenvalue weighted by atomic mass is 9.85. The summed E-state index contributed by atoms with van der Waals surface area (Å²) in [5.41, 5.74) is 0. The molecule has 0 saturated heterocycles.